The summed E-state index contributed by atoms with van der Waals surface area (Å²) in [5, 5.41) is 6.93. The molecule has 60 heavy (non-hydrogen) atoms. The smallest absolute Gasteiger partial charge is 0.237 e. The third-order valence-corrected chi connectivity index (χ3v) is 13.9. The van der Waals surface area contributed by atoms with Gasteiger partial charge in [-0.05, 0) is 129 Å². The Bertz CT molecular complexity index is 2250. The van der Waals surface area contributed by atoms with E-state index in [1.165, 1.54) is 73.3 Å². The van der Waals surface area contributed by atoms with Crippen molar-refractivity contribution >= 4 is 40.1 Å². The van der Waals surface area contributed by atoms with Crippen LogP contribution in [0.4, 0.5) is 28.7 Å². The van der Waals surface area contributed by atoms with Crippen LogP contribution in [0.5, 0.6) is 5.88 Å². The van der Waals surface area contributed by atoms with Gasteiger partial charge in [-0.3, -0.25) is 4.79 Å². The number of ether oxygens (including phenoxy) is 1. The van der Waals surface area contributed by atoms with Gasteiger partial charge in [0.25, 0.3) is 0 Å². The maximum Gasteiger partial charge on any atom is 0.237 e. The van der Waals surface area contributed by atoms with Crippen molar-refractivity contribution in [2.45, 2.75) is 91.0 Å². The lowest BCUT2D eigenvalue weighted by molar-refractivity contribution is -0.119. The third-order valence-electron chi connectivity index (χ3n) is 13.9. The van der Waals surface area contributed by atoms with Crippen molar-refractivity contribution in [1.82, 2.24) is 19.9 Å². The molecule has 3 fully saturated rings. The number of pyridine rings is 1. The molecule has 0 amide bonds. The summed E-state index contributed by atoms with van der Waals surface area (Å²) >= 11 is 0. The Kier molecular flexibility index (Phi) is 11.9. The summed E-state index contributed by atoms with van der Waals surface area (Å²) in [6.45, 7) is 19.3. The van der Waals surface area contributed by atoms with E-state index in [2.05, 4.69) is 97.3 Å². The molecule has 6 aliphatic rings. The Morgan fingerprint density at radius 1 is 0.933 bits per heavy atom. The molecular weight excluding hydrogens is 745 g/mol. The Morgan fingerprint density at radius 2 is 1.75 bits per heavy atom. The second kappa shape index (κ2) is 17.8. The molecule has 6 heterocycles. The number of benzene rings is 2. The predicted octanol–water partition coefficient (Wildman–Crippen LogP) is 10.0. The highest BCUT2D eigenvalue weighted by Gasteiger charge is 2.32. The fraction of sp³-hybridized carbons (Fsp3) is 0.480. The number of carbonyl (C=O) groups is 1. The summed E-state index contributed by atoms with van der Waals surface area (Å²) in [5.74, 6) is 3.41. The zero-order valence-electron chi connectivity index (χ0n) is 35.9. The molecule has 2 aliphatic carbocycles. The molecule has 10 heteroatoms. The first kappa shape index (κ1) is 40.2. The number of hydrogen-bond acceptors (Lipinski definition) is 10. The lowest BCUT2D eigenvalue weighted by atomic mass is 9.77. The molecule has 10 rings (SSSR count). The molecule has 2 saturated heterocycles. The van der Waals surface area contributed by atoms with Crippen LogP contribution in [0.25, 0.3) is 5.57 Å². The van der Waals surface area contributed by atoms with Crippen molar-refractivity contribution in [2.24, 2.45) is 11.8 Å². The molecule has 4 aromatic rings. The van der Waals surface area contributed by atoms with Gasteiger partial charge in [-0.25, -0.2) is 15.0 Å². The van der Waals surface area contributed by atoms with Crippen molar-refractivity contribution in [2.75, 3.05) is 72.9 Å². The summed E-state index contributed by atoms with van der Waals surface area (Å²) < 4.78 is 5.75. The molecule has 320 valence electrons. The standard InChI is InChI=1S/C48H56N8O2.C2H6.3H2/c1-31-26-38(57)10-11-39(31)42-12-13-43-40(4-3-5-41(42)43)34-16-20-54(21-17-34)29-33-14-22-55(23-15-33)37-8-6-36(7-9-37)52-48-51-27-35-18-24-56(30-44(35)53-48)45-28-50-47-46(32(45)2)49-19-25-58-47;1-2;;;/h3-9,12,27-28,33-34,39,49H,1,10-11,13-26,29-30H2,2H3,(H,51,52,53);1-2H3;3*1H. The number of carbonyl (C=O) groups excluding carboxylic acids is 1. The summed E-state index contributed by atoms with van der Waals surface area (Å²) in [6.07, 6.45) is 15.4. The number of rotatable bonds is 8. The first-order valence-corrected chi connectivity index (χ1v) is 22.8. The molecule has 1 atom stereocenters. The lowest BCUT2D eigenvalue weighted by Gasteiger charge is -2.38. The van der Waals surface area contributed by atoms with Gasteiger partial charge in [-0.1, -0.05) is 50.3 Å². The highest BCUT2D eigenvalue weighted by molar-refractivity contribution is 5.86. The lowest BCUT2D eigenvalue weighted by Crippen LogP contribution is -2.41. The van der Waals surface area contributed by atoms with E-state index in [1.54, 1.807) is 11.1 Å². The average molecular weight is 813 g/mol. The van der Waals surface area contributed by atoms with E-state index >= 15 is 0 Å². The van der Waals surface area contributed by atoms with Crippen molar-refractivity contribution < 1.29 is 13.8 Å². The second-order valence-electron chi connectivity index (χ2n) is 17.4. The molecule has 1 saturated carbocycles. The van der Waals surface area contributed by atoms with Gasteiger partial charge in [0, 0.05) is 78.9 Å². The van der Waals surface area contributed by atoms with Gasteiger partial charge >= 0.3 is 0 Å². The van der Waals surface area contributed by atoms with Crippen LogP contribution >= 0.6 is 0 Å². The van der Waals surface area contributed by atoms with Crippen LogP contribution < -0.4 is 25.2 Å². The van der Waals surface area contributed by atoms with Crippen LogP contribution in [0.1, 0.15) is 103 Å². The number of nitrogens with one attached hydrogen (secondary N) is 2. The molecule has 2 aromatic heterocycles. The summed E-state index contributed by atoms with van der Waals surface area (Å²) in [7, 11) is 0. The number of ketones is 1. The fourth-order valence-electron chi connectivity index (χ4n) is 10.6. The third kappa shape index (κ3) is 8.27. The van der Waals surface area contributed by atoms with E-state index in [4.69, 9.17) is 9.72 Å². The van der Waals surface area contributed by atoms with Gasteiger partial charge in [0.05, 0.1) is 24.1 Å². The van der Waals surface area contributed by atoms with Crippen molar-refractivity contribution in [1.29, 1.82) is 0 Å². The Hall–Kier alpha value is -5.22. The topological polar surface area (TPSA) is 98.8 Å². The summed E-state index contributed by atoms with van der Waals surface area (Å²) in [4.78, 5) is 33.9. The molecular formula is C50H68N8O2. The van der Waals surface area contributed by atoms with Crippen LogP contribution in [-0.4, -0.2) is 78.1 Å². The van der Waals surface area contributed by atoms with Gasteiger partial charge in [-0.2, -0.15) is 0 Å². The minimum atomic E-state index is 0. The molecule has 2 aromatic carbocycles. The molecule has 0 spiro atoms. The van der Waals surface area contributed by atoms with Gasteiger partial charge in [-0.15, -0.1) is 0 Å². The van der Waals surface area contributed by atoms with E-state index in [0.29, 0.717) is 48.9 Å². The Balaban J connectivity index is 0.00000130. The molecule has 4 aliphatic heterocycles. The number of nitrogens with zero attached hydrogens (tertiary/aromatic N) is 6. The molecule has 10 nitrogen and oxygen atoms in total. The van der Waals surface area contributed by atoms with E-state index < -0.39 is 0 Å². The number of likely N-dealkylation sites (tertiary alicyclic amines) is 1. The van der Waals surface area contributed by atoms with E-state index in [9.17, 15) is 4.79 Å². The van der Waals surface area contributed by atoms with Crippen LogP contribution in [0.3, 0.4) is 0 Å². The van der Waals surface area contributed by atoms with Gasteiger partial charge in [0.2, 0.25) is 11.8 Å². The number of hydrogen-bond donors (Lipinski definition) is 2. The van der Waals surface area contributed by atoms with E-state index in [0.717, 1.165) is 86.2 Å². The van der Waals surface area contributed by atoms with Gasteiger partial charge < -0.3 is 30.1 Å². The Morgan fingerprint density at radius 3 is 2.55 bits per heavy atom. The number of allylic oxidation sites excluding steroid dienone is 3. The number of aromatic nitrogens is 3. The quantitative estimate of drug-likeness (QED) is 0.167. The highest BCUT2D eigenvalue weighted by Crippen LogP contribution is 2.45. The Labute approximate surface area is 361 Å². The average Bonchev–Trinajstić information content (AvgIpc) is 3.72. The van der Waals surface area contributed by atoms with E-state index in [1.807, 2.05) is 26.2 Å². The molecule has 0 bridgehead atoms. The minimum absolute atomic E-state index is 0. The first-order valence-electron chi connectivity index (χ1n) is 22.8. The first-order chi connectivity index (χ1) is 29.4. The van der Waals surface area contributed by atoms with Crippen molar-refractivity contribution in [3.8, 4) is 5.88 Å². The molecule has 1 unspecified atom stereocenters. The number of anilines is 5. The van der Waals surface area contributed by atoms with Crippen LogP contribution in [0.15, 0.2) is 73.1 Å². The number of piperidine rings is 2. The fourth-order valence-corrected chi connectivity index (χ4v) is 10.6. The zero-order valence-corrected chi connectivity index (χ0v) is 35.9. The van der Waals surface area contributed by atoms with Crippen molar-refractivity contribution in [3.63, 3.8) is 0 Å². The molecule has 0 radical (unpaired) electrons. The van der Waals surface area contributed by atoms with Crippen molar-refractivity contribution in [3.05, 3.63) is 107 Å². The van der Waals surface area contributed by atoms with Crippen LogP contribution in [0.2, 0.25) is 0 Å². The monoisotopic (exact) mass is 813 g/mol. The van der Waals surface area contributed by atoms with Gasteiger partial charge in [0.1, 0.15) is 18.1 Å². The number of fused-ring (bicyclic) bond motifs is 3. The normalized spacial score (nSPS) is 20.9. The minimum Gasteiger partial charge on any atom is -0.474 e. The highest BCUT2D eigenvalue weighted by atomic mass is 16.5. The SMILES string of the molecule is C=C1CC(=O)CCC1C1=CCc2c1cccc2C1CCN(CC2CCN(c3ccc(Nc4ncc5c(n4)CN(c4cnc6c(c4C)NCCO6)CC5)cc3)CC2)CC1.CC.[HH].[HH].[HH]. The summed E-state index contributed by atoms with van der Waals surface area (Å²) in [6, 6.07) is 15.8. The second-order valence-corrected chi connectivity index (χ2v) is 17.4. The number of Topliss-reactive ketones (excluding diaryl/α,β-unsaturated/α-hetero) is 1. The van der Waals surface area contributed by atoms with Crippen LogP contribution in [-0.2, 0) is 24.2 Å². The zero-order chi connectivity index (χ0) is 41.2. The maximum atomic E-state index is 12.0. The van der Waals surface area contributed by atoms with E-state index in [-0.39, 0.29) is 4.28 Å². The predicted molar refractivity (Wildman–Crippen MR) is 250 cm³/mol. The summed E-state index contributed by atoms with van der Waals surface area (Å²) in [5.41, 5.74) is 14.9. The van der Waals surface area contributed by atoms with Gasteiger partial charge in [0.15, 0.2) is 0 Å². The largest absolute Gasteiger partial charge is 0.474 e. The molecule has 2 N–H and O–H groups in total. The maximum absolute atomic E-state index is 12.0. The van der Waals surface area contributed by atoms with Crippen LogP contribution in [0, 0.1) is 18.8 Å².